The molecule has 0 atom stereocenters. The first-order chi connectivity index (χ1) is 43.6. The van der Waals surface area contributed by atoms with Crippen LogP contribution >= 0.6 is 0 Å². The number of fused-ring (bicyclic) bond motifs is 13. The minimum atomic E-state index is -0.0151. The number of hydrogen-bond acceptors (Lipinski definition) is 5. The van der Waals surface area contributed by atoms with Gasteiger partial charge in [0.05, 0.1) is 44.8 Å². The van der Waals surface area contributed by atoms with Crippen LogP contribution in [0.25, 0.3) is 155 Å². The Kier molecular flexibility index (Phi) is 11.9. The molecule has 5 heteroatoms. The second-order valence-corrected chi connectivity index (χ2v) is 24.9. The largest absolute Gasteiger partial charge is 0.456 e. The minimum absolute atomic E-state index is 0.00444. The van der Waals surface area contributed by atoms with Gasteiger partial charge in [0.25, 0.3) is 0 Å². The van der Waals surface area contributed by atoms with Crippen LogP contribution in [0.4, 0.5) is 0 Å². The Balaban J connectivity index is 0.000000139. The Morgan fingerprint density at radius 3 is 1.19 bits per heavy atom. The molecule has 13 aromatic carbocycles. The van der Waals surface area contributed by atoms with E-state index in [-0.39, 0.29) is 10.8 Å². The number of rotatable bonds is 6. The van der Waals surface area contributed by atoms with Gasteiger partial charge in [0.1, 0.15) is 11.2 Å². The number of hydrogen-bond donors (Lipinski definition) is 0. The van der Waals surface area contributed by atoms with E-state index < -0.39 is 0 Å². The van der Waals surface area contributed by atoms with Crippen LogP contribution < -0.4 is 0 Å². The molecule has 18 rings (SSSR count). The Hall–Kier alpha value is -11.1. The summed E-state index contributed by atoms with van der Waals surface area (Å²) >= 11 is 0. The van der Waals surface area contributed by atoms with Crippen LogP contribution in [0, 0.1) is 0 Å². The second-order valence-electron chi connectivity index (χ2n) is 24.9. The van der Waals surface area contributed by atoms with Crippen molar-refractivity contribution < 1.29 is 4.42 Å². The fraction of sp³-hybridized carbons (Fsp3) is 0.0714. The van der Waals surface area contributed by atoms with Crippen LogP contribution in [0.3, 0.4) is 0 Å². The summed E-state index contributed by atoms with van der Waals surface area (Å²) in [6.45, 7) is 9.34. The average Bonchev–Trinajstić information content (AvgIpc) is 1.71. The highest BCUT2D eigenvalue weighted by atomic mass is 16.3. The van der Waals surface area contributed by atoms with Gasteiger partial charge >= 0.3 is 0 Å². The van der Waals surface area contributed by atoms with Gasteiger partial charge in [-0.15, -0.1) is 0 Å². The van der Waals surface area contributed by atoms with Gasteiger partial charge in [-0.05, 0) is 173 Å². The molecular weight excluding hydrogens is 1080 g/mol. The van der Waals surface area contributed by atoms with E-state index in [2.05, 4.69) is 228 Å². The van der Waals surface area contributed by atoms with Gasteiger partial charge in [-0.2, -0.15) is 0 Å². The monoisotopic (exact) mass is 1140 g/mol. The van der Waals surface area contributed by atoms with Crippen LogP contribution in [0.1, 0.15) is 49.9 Å². The summed E-state index contributed by atoms with van der Waals surface area (Å²) in [6, 6.07) is 99.3. The zero-order valence-electron chi connectivity index (χ0n) is 49.8. The Bertz CT molecular complexity index is 5580. The van der Waals surface area contributed by atoms with E-state index in [0.29, 0.717) is 0 Å². The molecule has 2 aliphatic carbocycles. The topological polar surface area (TPSA) is 64.7 Å². The van der Waals surface area contributed by atoms with Crippen molar-refractivity contribution in [2.45, 2.75) is 38.5 Å². The molecule has 16 aromatic rings. The zero-order chi connectivity index (χ0) is 59.5. The van der Waals surface area contributed by atoms with E-state index in [1.807, 2.05) is 78.9 Å². The molecule has 3 heterocycles. The summed E-state index contributed by atoms with van der Waals surface area (Å²) in [4.78, 5) is 20.7. The van der Waals surface area contributed by atoms with Gasteiger partial charge in [0.15, 0.2) is 0 Å². The van der Waals surface area contributed by atoms with E-state index >= 15 is 0 Å². The van der Waals surface area contributed by atoms with E-state index in [9.17, 15) is 0 Å². The third kappa shape index (κ3) is 8.60. The predicted molar refractivity (Wildman–Crippen MR) is 369 cm³/mol. The van der Waals surface area contributed by atoms with Crippen molar-refractivity contribution in [1.82, 2.24) is 19.9 Å². The quantitative estimate of drug-likeness (QED) is 0.166. The summed E-state index contributed by atoms with van der Waals surface area (Å²) in [5, 5.41) is 7.17. The number of furan rings is 1. The molecule has 3 aromatic heterocycles. The fourth-order valence-corrected chi connectivity index (χ4v) is 14.3. The van der Waals surface area contributed by atoms with Crippen molar-refractivity contribution in [3.63, 3.8) is 0 Å². The van der Waals surface area contributed by atoms with Gasteiger partial charge in [-0.25, -0.2) is 19.9 Å². The standard InChI is InChI=1S/C45H30N2O.C39H28N2/c1-45(2)36-16-5-3-13-32(36)35-25-31-24-28(21-22-29(31)26-37(35)45)27-11-9-12-30(23-27)43-44(47-39-18-7-6-17-38(39)46-43)34-15-10-20-41-42(34)33-14-4-8-19-40(33)48-41;1-39(2)33-16-7-6-15-31(33)32-23-30-22-27(19-20-28(30)24-34(32)39)26-13-10-14-29(21-26)38-37(25-11-4-3-5-12-25)40-35-17-8-9-18-36(35)41-38/h3-26H,1-2H3;3-24H,1-2H3. The predicted octanol–water partition coefficient (Wildman–Crippen LogP) is 22.1. The Morgan fingerprint density at radius 1 is 0.247 bits per heavy atom. The minimum Gasteiger partial charge on any atom is -0.456 e. The highest BCUT2D eigenvalue weighted by Crippen LogP contribution is 2.52. The lowest BCUT2D eigenvalue weighted by molar-refractivity contribution is 0.661. The van der Waals surface area contributed by atoms with Crippen LogP contribution in [-0.2, 0) is 10.8 Å². The number of nitrogens with zero attached hydrogens (tertiary/aromatic N) is 4. The third-order valence-electron chi connectivity index (χ3n) is 18.9. The normalized spacial score (nSPS) is 13.3. The fourth-order valence-electron chi connectivity index (χ4n) is 14.3. The first-order valence-electron chi connectivity index (χ1n) is 30.7. The van der Waals surface area contributed by atoms with Gasteiger partial charge in [-0.3, -0.25) is 0 Å². The molecule has 0 amide bonds. The van der Waals surface area contributed by atoms with E-state index in [0.717, 1.165) is 94.6 Å². The molecule has 0 saturated heterocycles. The molecule has 0 bridgehead atoms. The lowest BCUT2D eigenvalue weighted by Gasteiger charge is -2.21. The second kappa shape index (κ2) is 20.2. The number of aromatic nitrogens is 4. The smallest absolute Gasteiger partial charge is 0.136 e. The molecule has 0 fully saturated rings. The average molecular weight is 1140 g/mol. The summed E-state index contributed by atoms with van der Waals surface area (Å²) in [6.07, 6.45) is 0. The molecule has 0 saturated carbocycles. The molecule has 0 radical (unpaired) electrons. The van der Waals surface area contributed by atoms with Crippen molar-refractivity contribution in [3.05, 3.63) is 301 Å². The molecular formula is C84H58N4O. The SMILES string of the molecule is CC1(C)c2ccccc2-c2cc3cc(-c4cccc(-c5nc6ccccc6nc5-c5cccc6oc7ccccc7c56)c4)ccc3cc21.CC1(C)c2ccccc2-c2cc3cc(-c4cccc(-c5nc6ccccc6nc5-c5ccccc5)c4)ccc3cc21. The maximum Gasteiger partial charge on any atom is 0.136 e. The molecule has 0 N–H and O–H groups in total. The van der Waals surface area contributed by atoms with Crippen molar-refractivity contribution in [1.29, 1.82) is 0 Å². The van der Waals surface area contributed by atoms with Crippen molar-refractivity contribution in [2.75, 3.05) is 0 Å². The van der Waals surface area contributed by atoms with Crippen molar-refractivity contribution >= 4 is 65.6 Å². The Labute approximate surface area is 516 Å². The molecule has 420 valence electrons. The van der Waals surface area contributed by atoms with Gasteiger partial charge in [0.2, 0.25) is 0 Å². The number of para-hydroxylation sites is 5. The maximum atomic E-state index is 6.27. The van der Waals surface area contributed by atoms with Crippen LogP contribution in [-0.4, -0.2) is 19.9 Å². The molecule has 0 unspecified atom stereocenters. The van der Waals surface area contributed by atoms with E-state index in [1.54, 1.807) is 0 Å². The van der Waals surface area contributed by atoms with Crippen LogP contribution in [0.2, 0.25) is 0 Å². The molecule has 0 spiro atoms. The van der Waals surface area contributed by atoms with Gasteiger partial charge in [-0.1, -0.05) is 222 Å². The van der Waals surface area contributed by atoms with Crippen molar-refractivity contribution in [2.24, 2.45) is 0 Å². The zero-order valence-corrected chi connectivity index (χ0v) is 49.8. The van der Waals surface area contributed by atoms with E-state index in [1.165, 1.54) is 82.7 Å². The van der Waals surface area contributed by atoms with Crippen molar-refractivity contribution in [3.8, 4) is 89.5 Å². The van der Waals surface area contributed by atoms with Crippen LogP contribution in [0.15, 0.2) is 283 Å². The molecule has 5 nitrogen and oxygen atoms in total. The summed E-state index contributed by atoms with van der Waals surface area (Å²) in [5.41, 5.74) is 28.6. The lowest BCUT2D eigenvalue weighted by Crippen LogP contribution is -2.14. The highest BCUT2D eigenvalue weighted by molar-refractivity contribution is 6.13. The maximum absolute atomic E-state index is 6.27. The van der Waals surface area contributed by atoms with E-state index in [4.69, 9.17) is 24.4 Å². The first-order valence-corrected chi connectivity index (χ1v) is 30.7. The molecule has 2 aliphatic rings. The van der Waals surface area contributed by atoms with Gasteiger partial charge < -0.3 is 4.42 Å². The van der Waals surface area contributed by atoms with Gasteiger partial charge in [0, 0.05) is 43.9 Å². The summed E-state index contributed by atoms with van der Waals surface area (Å²) in [5.74, 6) is 0. The lowest BCUT2D eigenvalue weighted by atomic mass is 9.82. The Morgan fingerprint density at radius 2 is 0.640 bits per heavy atom. The summed E-state index contributed by atoms with van der Waals surface area (Å²) in [7, 11) is 0. The third-order valence-corrected chi connectivity index (χ3v) is 18.9. The summed E-state index contributed by atoms with van der Waals surface area (Å²) < 4.78 is 6.27. The number of benzene rings is 13. The first kappa shape index (κ1) is 52.2. The molecule has 0 aliphatic heterocycles. The molecule has 89 heavy (non-hydrogen) atoms. The highest BCUT2D eigenvalue weighted by Gasteiger charge is 2.37. The van der Waals surface area contributed by atoms with Crippen LogP contribution in [0.5, 0.6) is 0 Å².